The van der Waals surface area contributed by atoms with E-state index in [1.807, 2.05) is 13.8 Å². The fraction of sp³-hybridized carbons (Fsp3) is 0.259. The number of nitro groups is 1. The number of alkyl halides is 3. The van der Waals surface area contributed by atoms with Crippen LogP contribution in [0.1, 0.15) is 42.3 Å². The third kappa shape index (κ3) is 8.10. The highest BCUT2D eigenvalue weighted by Crippen LogP contribution is 2.43. The van der Waals surface area contributed by atoms with Crippen LogP contribution in [-0.2, 0) is 6.18 Å². The molecule has 0 aromatic heterocycles. The van der Waals surface area contributed by atoms with E-state index < -0.39 is 34.0 Å². The van der Waals surface area contributed by atoms with E-state index in [9.17, 15) is 28.1 Å². The average molecular weight is 640 g/mol. The number of ether oxygens (including phenoxy) is 4. The van der Waals surface area contributed by atoms with Crippen LogP contribution in [0.25, 0.3) is 0 Å². The first-order valence-corrected chi connectivity index (χ1v) is 13.0. The summed E-state index contributed by atoms with van der Waals surface area (Å²) in [6.45, 7) is 6.31. The predicted octanol–water partition coefficient (Wildman–Crippen LogP) is 7.13. The monoisotopic (exact) mass is 639 g/mol. The van der Waals surface area contributed by atoms with E-state index in [-0.39, 0.29) is 28.1 Å². The van der Waals surface area contributed by atoms with Gasteiger partial charge in [-0.15, -0.1) is 0 Å². The third-order valence-electron chi connectivity index (χ3n) is 5.21. The lowest BCUT2D eigenvalue weighted by molar-refractivity contribution is -0.385. The zero-order valence-electron chi connectivity index (χ0n) is 22.1. The lowest BCUT2D eigenvalue weighted by Gasteiger charge is -2.15. The molecular formula is C27H25BrF3N3O7. The van der Waals surface area contributed by atoms with Crippen LogP contribution in [-0.4, -0.2) is 36.9 Å². The molecule has 1 amide bonds. The molecule has 3 aromatic carbocycles. The zero-order chi connectivity index (χ0) is 30.2. The maximum absolute atomic E-state index is 13.1. The first kappa shape index (κ1) is 31.2. The number of hydrazone groups is 1. The van der Waals surface area contributed by atoms with Crippen molar-refractivity contribution in [3.63, 3.8) is 0 Å². The minimum absolute atomic E-state index is 0.00580. The molecule has 3 rings (SSSR count). The van der Waals surface area contributed by atoms with Gasteiger partial charge in [0.2, 0.25) is 5.75 Å². The topological polar surface area (TPSA) is 122 Å². The number of nitrogens with one attached hydrogen (secondary N) is 1. The van der Waals surface area contributed by atoms with Gasteiger partial charge in [-0.1, -0.05) is 0 Å². The Hall–Kier alpha value is -4.33. The number of halogens is 4. The average Bonchev–Trinajstić information content (AvgIpc) is 2.91. The quantitative estimate of drug-likeness (QED) is 0.127. The van der Waals surface area contributed by atoms with Crippen LogP contribution in [0.15, 0.2) is 58.1 Å². The standard InChI is InChI=1S/C27H25BrF3N3O7/c1-4-38-22-9-7-17(13-23(22)39-5-2)26(35)33-32-15-16-11-19(28)25(24(12-16)40-6-3)41-21-10-8-18(27(29,30)31)14-20(21)34(36)37/h7-15H,4-6H2,1-3H3,(H,33,35)/b32-15+. The van der Waals surface area contributed by atoms with Crippen LogP contribution in [0.5, 0.6) is 28.7 Å². The molecule has 0 aliphatic heterocycles. The fourth-order valence-electron chi connectivity index (χ4n) is 3.48. The van der Waals surface area contributed by atoms with Crippen LogP contribution in [0.2, 0.25) is 0 Å². The number of nitro benzene ring substituents is 1. The lowest BCUT2D eigenvalue weighted by atomic mass is 10.1. The van der Waals surface area contributed by atoms with Gasteiger partial charge in [0.05, 0.1) is 41.0 Å². The van der Waals surface area contributed by atoms with E-state index in [0.29, 0.717) is 42.4 Å². The van der Waals surface area contributed by atoms with Gasteiger partial charge in [-0.2, -0.15) is 18.3 Å². The number of benzene rings is 3. The molecule has 41 heavy (non-hydrogen) atoms. The highest BCUT2D eigenvalue weighted by Gasteiger charge is 2.33. The molecule has 0 atom stereocenters. The zero-order valence-corrected chi connectivity index (χ0v) is 23.7. The van der Waals surface area contributed by atoms with Gasteiger partial charge in [0.25, 0.3) is 5.91 Å². The van der Waals surface area contributed by atoms with Gasteiger partial charge in [-0.05, 0) is 84.7 Å². The van der Waals surface area contributed by atoms with Gasteiger partial charge in [0.1, 0.15) is 0 Å². The first-order valence-electron chi connectivity index (χ1n) is 12.2. The van der Waals surface area contributed by atoms with Gasteiger partial charge in [-0.25, -0.2) is 5.43 Å². The minimum Gasteiger partial charge on any atom is -0.490 e. The van der Waals surface area contributed by atoms with Crippen molar-refractivity contribution in [2.45, 2.75) is 26.9 Å². The lowest BCUT2D eigenvalue weighted by Crippen LogP contribution is -2.17. The highest BCUT2D eigenvalue weighted by atomic mass is 79.9. The Morgan fingerprint density at radius 3 is 2.22 bits per heavy atom. The maximum atomic E-state index is 13.1. The van der Waals surface area contributed by atoms with E-state index in [2.05, 4.69) is 26.5 Å². The summed E-state index contributed by atoms with van der Waals surface area (Å²) in [5.41, 5.74) is 1.08. The van der Waals surface area contributed by atoms with E-state index in [0.717, 1.165) is 6.07 Å². The van der Waals surface area contributed by atoms with Crippen LogP contribution >= 0.6 is 15.9 Å². The summed E-state index contributed by atoms with van der Waals surface area (Å²) in [5, 5.41) is 15.4. The Morgan fingerprint density at radius 1 is 0.951 bits per heavy atom. The fourth-order valence-corrected chi connectivity index (χ4v) is 4.02. The molecule has 3 aromatic rings. The van der Waals surface area contributed by atoms with Crippen molar-refractivity contribution in [2.24, 2.45) is 5.10 Å². The molecule has 0 aliphatic carbocycles. The molecule has 0 unspecified atom stereocenters. The Balaban J connectivity index is 1.84. The molecule has 0 aliphatic rings. The van der Waals surface area contributed by atoms with E-state index >= 15 is 0 Å². The van der Waals surface area contributed by atoms with Crippen molar-refractivity contribution in [3.05, 3.63) is 79.8 Å². The number of carbonyl (C=O) groups is 1. The van der Waals surface area contributed by atoms with Crippen molar-refractivity contribution in [1.29, 1.82) is 0 Å². The summed E-state index contributed by atoms with van der Waals surface area (Å²) in [7, 11) is 0. The number of carbonyl (C=O) groups excluding carboxylic acids is 1. The van der Waals surface area contributed by atoms with Gasteiger partial charge in [0.15, 0.2) is 23.0 Å². The molecule has 14 heteroatoms. The number of hydrogen-bond donors (Lipinski definition) is 1. The summed E-state index contributed by atoms with van der Waals surface area (Å²) in [4.78, 5) is 23.1. The molecule has 0 spiro atoms. The molecule has 0 radical (unpaired) electrons. The third-order valence-corrected chi connectivity index (χ3v) is 5.80. The van der Waals surface area contributed by atoms with Gasteiger partial charge in [0, 0.05) is 11.6 Å². The second-order valence-electron chi connectivity index (χ2n) is 8.03. The smallest absolute Gasteiger partial charge is 0.416 e. The Bertz CT molecular complexity index is 1450. The second kappa shape index (κ2) is 13.8. The maximum Gasteiger partial charge on any atom is 0.416 e. The molecule has 0 heterocycles. The van der Waals surface area contributed by atoms with E-state index in [4.69, 9.17) is 18.9 Å². The summed E-state index contributed by atoms with van der Waals surface area (Å²) in [6, 6.07) is 9.68. The summed E-state index contributed by atoms with van der Waals surface area (Å²) in [5.74, 6) is 0.112. The van der Waals surface area contributed by atoms with E-state index in [1.165, 1.54) is 24.4 Å². The minimum atomic E-state index is -4.77. The Labute approximate surface area is 241 Å². The Morgan fingerprint density at radius 2 is 1.59 bits per heavy atom. The van der Waals surface area contributed by atoms with Crippen molar-refractivity contribution < 1.29 is 41.8 Å². The van der Waals surface area contributed by atoms with Crippen molar-refractivity contribution >= 4 is 33.7 Å². The van der Waals surface area contributed by atoms with Crippen molar-refractivity contribution in [2.75, 3.05) is 19.8 Å². The molecule has 218 valence electrons. The molecule has 10 nitrogen and oxygen atoms in total. The van der Waals surface area contributed by atoms with Gasteiger partial charge in [-0.3, -0.25) is 14.9 Å². The molecule has 0 saturated heterocycles. The highest BCUT2D eigenvalue weighted by molar-refractivity contribution is 9.10. The Kier molecular flexibility index (Phi) is 10.5. The van der Waals surface area contributed by atoms with Gasteiger partial charge < -0.3 is 18.9 Å². The van der Waals surface area contributed by atoms with Crippen LogP contribution in [0, 0.1) is 10.1 Å². The van der Waals surface area contributed by atoms with E-state index in [1.54, 1.807) is 19.1 Å². The van der Waals surface area contributed by atoms with Crippen LogP contribution < -0.4 is 24.4 Å². The van der Waals surface area contributed by atoms with Crippen molar-refractivity contribution in [3.8, 4) is 28.7 Å². The second-order valence-corrected chi connectivity index (χ2v) is 8.88. The number of hydrogen-bond acceptors (Lipinski definition) is 8. The largest absolute Gasteiger partial charge is 0.490 e. The first-order chi connectivity index (χ1) is 19.5. The molecular weight excluding hydrogens is 615 g/mol. The summed E-state index contributed by atoms with van der Waals surface area (Å²) < 4.78 is 61.7. The number of amides is 1. The van der Waals surface area contributed by atoms with Gasteiger partial charge >= 0.3 is 11.9 Å². The normalized spacial score (nSPS) is 11.3. The number of nitrogens with zero attached hydrogens (tertiary/aromatic N) is 2. The number of rotatable bonds is 12. The predicted molar refractivity (Wildman–Crippen MR) is 147 cm³/mol. The SMILES string of the molecule is CCOc1ccc(C(=O)N/N=C/c2cc(Br)c(Oc3ccc(C(F)(F)F)cc3[N+](=O)[O-])c(OCC)c2)cc1OCC. The molecule has 0 bridgehead atoms. The summed E-state index contributed by atoms with van der Waals surface area (Å²) in [6.07, 6.45) is -3.44. The van der Waals surface area contributed by atoms with Crippen LogP contribution in [0.4, 0.5) is 18.9 Å². The van der Waals surface area contributed by atoms with Crippen molar-refractivity contribution in [1.82, 2.24) is 5.43 Å². The molecule has 0 saturated carbocycles. The molecule has 1 N–H and O–H groups in total. The molecule has 0 fully saturated rings. The summed E-state index contributed by atoms with van der Waals surface area (Å²) >= 11 is 3.30. The van der Waals surface area contributed by atoms with Crippen LogP contribution in [0.3, 0.4) is 0 Å².